The molecule has 0 bridgehead atoms. The molecular formula is C15H23ClFN3O. The first-order valence-electron chi connectivity index (χ1n) is 7.11. The van der Waals surface area contributed by atoms with E-state index in [0.717, 1.165) is 31.5 Å². The Morgan fingerprint density at radius 3 is 2.71 bits per heavy atom. The monoisotopic (exact) mass is 315 g/mol. The van der Waals surface area contributed by atoms with Crippen LogP contribution in [-0.4, -0.2) is 43.5 Å². The molecule has 1 aliphatic rings. The fraction of sp³-hybridized carbons (Fsp3) is 0.533. The number of carbonyl (C=O) groups is 1. The number of hydrogen-bond acceptors (Lipinski definition) is 3. The maximum Gasteiger partial charge on any atom is 0.234 e. The van der Waals surface area contributed by atoms with Gasteiger partial charge in [0, 0.05) is 13.1 Å². The molecular weight excluding hydrogens is 293 g/mol. The molecule has 0 aliphatic carbocycles. The van der Waals surface area contributed by atoms with Crippen molar-refractivity contribution in [2.45, 2.75) is 12.8 Å². The highest BCUT2D eigenvalue weighted by Crippen LogP contribution is 2.13. The molecule has 1 aromatic rings. The van der Waals surface area contributed by atoms with Crippen LogP contribution in [0.3, 0.4) is 0 Å². The first kappa shape index (κ1) is 17.9. The summed E-state index contributed by atoms with van der Waals surface area (Å²) in [6.45, 7) is 3.59. The zero-order valence-electron chi connectivity index (χ0n) is 12.1. The van der Waals surface area contributed by atoms with E-state index >= 15 is 0 Å². The van der Waals surface area contributed by atoms with Crippen LogP contribution >= 0.6 is 12.4 Å². The summed E-state index contributed by atoms with van der Waals surface area (Å²) >= 11 is 0. The van der Waals surface area contributed by atoms with Crippen molar-refractivity contribution in [1.29, 1.82) is 0 Å². The second-order valence-corrected chi connectivity index (χ2v) is 5.35. The number of nitrogens with two attached hydrogens (primary N) is 1. The number of likely N-dealkylation sites (tertiary alicyclic amines) is 1. The first-order valence-corrected chi connectivity index (χ1v) is 7.11. The maximum atomic E-state index is 12.7. The average molecular weight is 316 g/mol. The minimum atomic E-state index is -0.235. The Labute approximate surface area is 131 Å². The molecule has 1 aromatic carbocycles. The van der Waals surface area contributed by atoms with Gasteiger partial charge in [-0.1, -0.05) is 12.1 Å². The Hall–Kier alpha value is -1.17. The fourth-order valence-corrected chi connectivity index (χ4v) is 2.51. The smallest absolute Gasteiger partial charge is 0.234 e. The summed E-state index contributed by atoms with van der Waals surface area (Å²) in [6.07, 6.45) is 1.80. The Morgan fingerprint density at radius 2 is 2.10 bits per heavy atom. The summed E-state index contributed by atoms with van der Waals surface area (Å²) in [5.74, 6) is 0.341. The predicted octanol–water partition coefficient (Wildman–Crippen LogP) is 1.19. The van der Waals surface area contributed by atoms with E-state index < -0.39 is 0 Å². The molecule has 1 aliphatic heterocycles. The van der Waals surface area contributed by atoms with Crippen molar-refractivity contribution in [3.05, 3.63) is 35.6 Å². The average Bonchev–Trinajstić information content (AvgIpc) is 2.88. The SMILES string of the molecule is Cl.NCC1CCN(CC(=O)NCCc2ccc(F)cc2)C1. The van der Waals surface area contributed by atoms with Crippen molar-refractivity contribution in [1.82, 2.24) is 10.2 Å². The predicted molar refractivity (Wildman–Crippen MR) is 84.0 cm³/mol. The molecule has 4 nitrogen and oxygen atoms in total. The Balaban J connectivity index is 0.00000220. The molecule has 1 saturated heterocycles. The lowest BCUT2D eigenvalue weighted by molar-refractivity contribution is -0.122. The lowest BCUT2D eigenvalue weighted by atomic mass is 10.1. The Bertz CT molecular complexity index is 441. The van der Waals surface area contributed by atoms with Crippen LogP contribution in [0.2, 0.25) is 0 Å². The molecule has 0 spiro atoms. The third-order valence-electron chi connectivity index (χ3n) is 3.72. The van der Waals surface area contributed by atoms with Gasteiger partial charge >= 0.3 is 0 Å². The van der Waals surface area contributed by atoms with Crippen LogP contribution in [0.5, 0.6) is 0 Å². The molecule has 0 radical (unpaired) electrons. The highest BCUT2D eigenvalue weighted by Gasteiger charge is 2.22. The highest BCUT2D eigenvalue weighted by atomic mass is 35.5. The zero-order chi connectivity index (χ0) is 14.4. The van der Waals surface area contributed by atoms with Gasteiger partial charge in [-0.2, -0.15) is 0 Å². The largest absolute Gasteiger partial charge is 0.355 e. The molecule has 2 rings (SSSR count). The van der Waals surface area contributed by atoms with Gasteiger partial charge in [0.05, 0.1) is 6.54 Å². The van der Waals surface area contributed by atoms with Crippen LogP contribution in [0, 0.1) is 11.7 Å². The van der Waals surface area contributed by atoms with Crippen LogP contribution in [0.25, 0.3) is 0 Å². The molecule has 1 fully saturated rings. The van der Waals surface area contributed by atoms with E-state index in [9.17, 15) is 9.18 Å². The van der Waals surface area contributed by atoms with E-state index in [2.05, 4.69) is 10.2 Å². The van der Waals surface area contributed by atoms with Gasteiger partial charge < -0.3 is 11.1 Å². The third-order valence-corrected chi connectivity index (χ3v) is 3.72. The van der Waals surface area contributed by atoms with E-state index in [0.29, 0.717) is 25.6 Å². The van der Waals surface area contributed by atoms with Crippen LogP contribution in [0.1, 0.15) is 12.0 Å². The fourth-order valence-electron chi connectivity index (χ4n) is 2.51. The van der Waals surface area contributed by atoms with Gasteiger partial charge in [0.15, 0.2) is 0 Å². The van der Waals surface area contributed by atoms with E-state index in [1.807, 2.05) is 0 Å². The summed E-state index contributed by atoms with van der Waals surface area (Å²) in [5.41, 5.74) is 6.65. The number of nitrogens with zero attached hydrogens (tertiary/aromatic N) is 1. The van der Waals surface area contributed by atoms with Crippen molar-refractivity contribution < 1.29 is 9.18 Å². The standard InChI is InChI=1S/C15H22FN3O.ClH/c16-14-3-1-12(2-4-14)5-7-18-15(20)11-19-8-6-13(9-17)10-19;/h1-4,13H,5-11,17H2,(H,18,20);1H. The van der Waals surface area contributed by atoms with Crippen LogP contribution in [-0.2, 0) is 11.2 Å². The molecule has 6 heteroatoms. The van der Waals surface area contributed by atoms with Crippen molar-refractivity contribution in [2.24, 2.45) is 11.7 Å². The zero-order valence-corrected chi connectivity index (χ0v) is 12.9. The quantitative estimate of drug-likeness (QED) is 0.829. The number of amides is 1. The summed E-state index contributed by atoms with van der Waals surface area (Å²) in [6, 6.07) is 6.37. The van der Waals surface area contributed by atoms with Crippen molar-refractivity contribution in [3.8, 4) is 0 Å². The topological polar surface area (TPSA) is 58.4 Å². The van der Waals surface area contributed by atoms with E-state index in [1.165, 1.54) is 12.1 Å². The Kier molecular flexibility index (Phi) is 7.64. The van der Waals surface area contributed by atoms with E-state index in [4.69, 9.17) is 5.73 Å². The van der Waals surface area contributed by atoms with Gasteiger partial charge in [-0.05, 0) is 49.5 Å². The van der Waals surface area contributed by atoms with Gasteiger partial charge in [-0.15, -0.1) is 12.4 Å². The van der Waals surface area contributed by atoms with Gasteiger partial charge in [0.2, 0.25) is 5.91 Å². The minimum Gasteiger partial charge on any atom is -0.355 e. The second-order valence-electron chi connectivity index (χ2n) is 5.35. The van der Waals surface area contributed by atoms with Gasteiger partial charge in [0.25, 0.3) is 0 Å². The van der Waals surface area contributed by atoms with E-state index in [-0.39, 0.29) is 24.1 Å². The number of carbonyl (C=O) groups excluding carboxylic acids is 1. The lowest BCUT2D eigenvalue weighted by Crippen LogP contribution is -2.37. The number of hydrogen-bond donors (Lipinski definition) is 2. The Morgan fingerprint density at radius 1 is 1.38 bits per heavy atom. The van der Waals surface area contributed by atoms with Crippen LogP contribution in [0.15, 0.2) is 24.3 Å². The summed E-state index contributed by atoms with van der Waals surface area (Å²) in [7, 11) is 0. The van der Waals surface area contributed by atoms with Crippen molar-refractivity contribution in [2.75, 3.05) is 32.7 Å². The number of halogens is 2. The van der Waals surface area contributed by atoms with Crippen molar-refractivity contribution in [3.63, 3.8) is 0 Å². The molecule has 0 saturated carbocycles. The number of nitrogens with one attached hydrogen (secondary N) is 1. The molecule has 118 valence electrons. The maximum absolute atomic E-state index is 12.7. The number of benzene rings is 1. The molecule has 1 heterocycles. The molecule has 21 heavy (non-hydrogen) atoms. The highest BCUT2D eigenvalue weighted by molar-refractivity contribution is 5.85. The number of rotatable bonds is 6. The second kappa shape index (κ2) is 8.97. The molecule has 1 amide bonds. The summed E-state index contributed by atoms with van der Waals surface area (Å²) < 4.78 is 12.7. The molecule has 1 atom stereocenters. The van der Waals surface area contributed by atoms with E-state index in [1.54, 1.807) is 12.1 Å². The minimum absolute atomic E-state index is 0. The molecule has 3 N–H and O–H groups in total. The first-order chi connectivity index (χ1) is 9.67. The third kappa shape index (κ3) is 5.99. The van der Waals surface area contributed by atoms with Gasteiger partial charge in [0.1, 0.15) is 5.82 Å². The summed E-state index contributed by atoms with van der Waals surface area (Å²) in [4.78, 5) is 13.9. The molecule has 0 aromatic heterocycles. The normalized spacial score (nSPS) is 18.3. The van der Waals surface area contributed by atoms with Gasteiger partial charge in [-0.25, -0.2) is 4.39 Å². The lowest BCUT2D eigenvalue weighted by Gasteiger charge is -2.15. The summed E-state index contributed by atoms with van der Waals surface area (Å²) in [5, 5.41) is 2.90. The molecule has 1 unspecified atom stereocenters. The van der Waals surface area contributed by atoms with Crippen LogP contribution in [0.4, 0.5) is 4.39 Å². The van der Waals surface area contributed by atoms with Crippen LogP contribution < -0.4 is 11.1 Å². The van der Waals surface area contributed by atoms with Crippen molar-refractivity contribution >= 4 is 18.3 Å². The van der Waals surface area contributed by atoms with Gasteiger partial charge in [-0.3, -0.25) is 9.69 Å².